The number of carbonyl (C=O) groups is 1. The molecule has 0 bridgehead atoms. The molecule has 16 heavy (non-hydrogen) atoms. The molecule has 0 atom stereocenters. The highest BCUT2D eigenvalue weighted by molar-refractivity contribution is 6.32. The molecule has 1 heterocycles. The highest BCUT2D eigenvalue weighted by Gasteiger charge is 2.39. The molecular weight excluding hydrogens is 245 g/mol. The molecule has 0 aromatic carbocycles. The Kier molecular flexibility index (Phi) is 3.62. The maximum atomic E-state index is 12.1. The van der Waals surface area contributed by atoms with E-state index in [2.05, 4.69) is 5.10 Å². The number of aromatic nitrogens is 2. The van der Waals surface area contributed by atoms with Crippen LogP contribution >= 0.6 is 11.6 Å². The normalized spacial score (nSPS) is 11.9. The van der Waals surface area contributed by atoms with E-state index in [0.29, 0.717) is 12.2 Å². The van der Waals surface area contributed by atoms with E-state index >= 15 is 0 Å². The first-order valence-electron chi connectivity index (χ1n) is 4.59. The van der Waals surface area contributed by atoms with E-state index in [9.17, 15) is 18.0 Å². The number of ketones is 1. The van der Waals surface area contributed by atoms with Crippen LogP contribution in [0, 0.1) is 6.92 Å². The van der Waals surface area contributed by atoms with Crippen LogP contribution in [0.1, 0.15) is 18.3 Å². The summed E-state index contributed by atoms with van der Waals surface area (Å²) in [5.74, 6) is -1.82. The van der Waals surface area contributed by atoms with Gasteiger partial charge in [-0.25, -0.2) is 0 Å². The van der Waals surface area contributed by atoms with Crippen molar-refractivity contribution in [3.05, 3.63) is 16.4 Å². The first-order chi connectivity index (χ1) is 7.27. The maximum absolute atomic E-state index is 12.1. The van der Waals surface area contributed by atoms with E-state index in [1.54, 1.807) is 13.8 Å². The second-order valence-electron chi connectivity index (χ2n) is 3.26. The fourth-order valence-electron chi connectivity index (χ4n) is 1.29. The summed E-state index contributed by atoms with van der Waals surface area (Å²) in [6, 6.07) is 0. The number of nitrogens with zero attached hydrogens (tertiary/aromatic N) is 2. The molecule has 0 spiro atoms. The minimum atomic E-state index is -4.83. The Balaban J connectivity index is 3.01. The quantitative estimate of drug-likeness (QED) is 0.831. The van der Waals surface area contributed by atoms with Gasteiger partial charge in [0.1, 0.15) is 0 Å². The Morgan fingerprint density at radius 3 is 2.50 bits per heavy atom. The van der Waals surface area contributed by atoms with Gasteiger partial charge in [-0.15, -0.1) is 0 Å². The molecule has 0 saturated heterocycles. The van der Waals surface area contributed by atoms with E-state index in [0.717, 1.165) is 0 Å². The van der Waals surface area contributed by atoms with Crippen molar-refractivity contribution in [2.24, 2.45) is 0 Å². The summed E-state index contributed by atoms with van der Waals surface area (Å²) in [6.45, 7) is 3.66. The van der Waals surface area contributed by atoms with Gasteiger partial charge in [0.05, 0.1) is 22.8 Å². The number of rotatable bonds is 3. The summed E-state index contributed by atoms with van der Waals surface area (Å²) in [5, 5.41) is 4.05. The van der Waals surface area contributed by atoms with E-state index in [4.69, 9.17) is 11.6 Å². The van der Waals surface area contributed by atoms with Gasteiger partial charge in [-0.1, -0.05) is 11.6 Å². The van der Waals surface area contributed by atoms with E-state index in [1.165, 1.54) is 4.68 Å². The van der Waals surface area contributed by atoms with Crippen molar-refractivity contribution >= 4 is 17.4 Å². The van der Waals surface area contributed by atoms with Gasteiger partial charge in [0.2, 0.25) is 5.78 Å². The molecule has 1 rings (SSSR count). The van der Waals surface area contributed by atoms with Crippen molar-refractivity contribution in [1.29, 1.82) is 0 Å². The molecule has 0 fully saturated rings. The van der Waals surface area contributed by atoms with Gasteiger partial charge in [0.15, 0.2) is 0 Å². The fourth-order valence-corrected chi connectivity index (χ4v) is 1.49. The number of alkyl halides is 3. The number of hydrogen-bond acceptors (Lipinski definition) is 2. The summed E-state index contributed by atoms with van der Waals surface area (Å²) in [5.41, 5.74) is 0.539. The summed E-state index contributed by atoms with van der Waals surface area (Å²) >= 11 is 5.78. The van der Waals surface area contributed by atoms with Crippen LogP contribution < -0.4 is 0 Å². The summed E-state index contributed by atoms with van der Waals surface area (Å²) < 4.78 is 37.6. The topological polar surface area (TPSA) is 34.9 Å². The lowest BCUT2D eigenvalue weighted by Gasteiger charge is -2.07. The van der Waals surface area contributed by atoms with Crippen LogP contribution in [0.5, 0.6) is 0 Å². The zero-order valence-corrected chi connectivity index (χ0v) is 9.48. The minimum absolute atomic E-state index is 0.115. The van der Waals surface area contributed by atoms with Gasteiger partial charge in [0.25, 0.3) is 0 Å². The standard InChI is InChI=1S/C9H10ClF3N2O/c1-3-15-6(8(10)5(2)14-15)4-7(16)9(11,12)13/h3-4H2,1-2H3. The second kappa shape index (κ2) is 4.45. The number of halogens is 4. The highest BCUT2D eigenvalue weighted by Crippen LogP contribution is 2.24. The van der Waals surface area contributed by atoms with Gasteiger partial charge >= 0.3 is 6.18 Å². The SMILES string of the molecule is CCn1nc(C)c(Cl)c1CC(=O)C(F)(F)F. The average Bonchev–Trinajstić information content (AvgIpc) is 2.44. The fraction of sp³-hybridized carbons (Fsp3) is 0.556. The smallest absolute Gasteiger partial charge is 0.289 e. The third-order valence-corrected chi connectivity index (χ3v) is 2.59. The summed E-state index contributed by atoms with van der Waals surface area (Å²) in [4.78, 5) is 10.8. The third-order valence-electron chi connectivity index (χ3n) is 2.10. The molecule has 1 aromatic heterocycles. The first kappa shape index (κ1) is 13.0. The van der Waals surface area contributed by atoms with Crippen LogP contribution in [0.4, 0.5) is 13.2 Å². The molecule has 0 N–H and O–H groups in total. The Hall–Kier alpha value is -1.04. The number of Topliss-reactive ketones (excluding diaryl/α,β-unsaturated/α-hetero) is 1. The zero-order chi connectivity index (χ0) is 12.5. The largest absolute Gasteiger partial charge is 0.450 e. The summed E-state index contributed by atoms with van der Waals surface area (Å²) in [7, 11) is 0. The van der Waals surface area contributed by atoms with Crippen LogP contribution in [0.3, 0.4) is 0 Å². The molecule has 1 aromatic rings. The van der Waals surface area contributed by atoms with Gasteiger partial charge in [-0.05, 0) is 13.8 Å². The van der Waals surface area contributed by atoms with Crippen molar-refractivity contribution in [2.75, 3.05) is 0 Å². The van der Waals surface area contributed by atoms with Crippen molar-refractivity contribution in [2.45, 2.75) is 33.0 Å². The number of carbonyl (C=O) groups excluding carboxylic acids is 1. The van der Waals surface area contributed by atoms with Gasteiger partial charge in [-0.3, -0.25) is 9.48 Å². The Labute approximate surface area is 95.2 Å². The van der Waals surface area contributed by atoms with Crippen LogP contribution in [-0.4, -0.2) is 21.7 Å². The first-order valence-corrected chi connectivity index (χ1v) is 4.97. The monoisotopic (exact) mass is 254 g/mol. The number of hydrogen-bond donors (Lipinski definition) is 0. The molecule has 3 nitrogen and oxygen atoms in total. The number of aryl methyl sites for hydroxylation is 2. The molecule has 0 aliphatic carbocycles. The molecule has 0 radical (unpaired) electrons. The Bertz CT molecular complexity index is 412. The van der Waals surface area contributed by atoms with E-state index < -0.39 is 18.4 Å². The molecule has 0 aliphatic heterocycles. The zero-order valence-electron chi connectivity index (χ0n) is 8.73. The summed E-state index contributed by atoms with van der Waals surface area (Å²) in [6.07, 6.45) is -5.60. The second-order valence-corrected chi connectivity index (χ2v) is 3.64. The predicted molar refractivity (Wildman–Crippen MR) is 52.4 cm³/mol. The Morgan fingerprint density at radius 1 is 1.50 bits per heavy atom. The molecule has 0 amide bonds. The average molecular weight is 255 g/mol. The lowest BCUT2D eigenvalue weighted by molar-refractivity contribution is -0.170. The van der Waals surface area contributed by atoms with Crippen molar-refractivity contribution in [1.82, 2.24) is 9.78 Å². The highest BCUT2D eigenvalue weighted by atomic mass is 35.5. The minimum Gasteiger partial charge on any atom is -0.289 e. The van der Waals surface area contributed by atoms with E-state index in [-0.39, 0.29) is 10.7 Å². The van der Waals surface area contributed by atoms with Crippen molar-refractivity contribution in [3.8, 4) is 0 Å². The van der Waals surface area contributed by atoms with Crippen LogP contribution in [0.15, 0.2) is 0 Å². The Morgan fingerprint density at radius 2 is 2.06 bits per heavy atom. The maximum Gasteiger partial charge on any atom is 0.450 e. The molecule has 0 saturated carbocycles. The van der Waals surface area contributed by atoms with Crippen molar-refractivity contribution < 1.29 is 18.0 Å². The molecule has 7 heteroatoms. The van der Waals surface area contributed by atoms with Gasteiger partial charge in [-0.2, -0.15) is 18.3 Å². The lowest BCUT2D eigenvalue weighted by atomic mass is 10.2. The predicted octanol–water partition coefficient (Wildman–Crippen LogP) is 2.54. The molecule has 0 unspecified atom stereocenters. The van der Waals surface area contributed by atoms with Crippen molar-refractivity contribution in [3.63, 3.8) is 0 Å². The molecule has 0 aliphatic rings. The van der Waals surface area contributed by atoms with Crippen LogP contribution in [-0.2, 0) is 17.8 Å². The lowest BCUT2D eigenvalue weighted by Crippen LogP contribution is -2.25. The van der Waals surface area contributed by atoms with Gasteiger partial charge in [0, 0.05) is 6.54 Å². The molecular formula is C9H10ClF3N2O. The van der Waals surface area contributed by atoms with Crippen LogP contribution in [0.2, 0.25) is 5.02 Å². The molecule has 90 valence electrons. The van der Waals surface area contributed by atoms with Gasteiger partial charge < -0.3 is 0 Å². The van der Waals surface area contributed by atoms with E-state index in [1.807, 2.05) is 0 Å². The van der Waals surface area contributed by atoms with Crippen LogP contribution in [0.25, 0.3) is 0 Å². The third kappa shape index (κ3) is 2.55.